The first kappa shape index (κ1) is 29.8. The van der Waals surface area contributed by atoms with Gasteiger partial charge >= 0.3 is 10.2 Å². The average Bonchev–Trinajstić information content (AvgIpc) is 2.82. The molecule has 0 heterocycles. The number of benzene rings is 2. The van der Waals surface area contributed by atoms with Crippen LogP contribution < -0.4 is 9.62 Å². The molecule has 0 fully saturated rings. The Kier molecular flexibility index (Phi) is 10.5. The van der Waals surface area contributed by atoms with Gasteiger partial charge in [-0.15, -0.1) is 0 Å². The van der Waals surface area contributed by atoms with Gasteiger partial charge in [0, 0.05) is 31.2 Å². The van der Waals surface area contributed by atoms with Crippen molar-refractivity contribution in [2.24, 2.45) is 0 Å². The molecule has 36 heavy (non-hydrogen) atoms. The van der Waals surface area contributed by atoms with E-state index in [1.807, 2.05) is 57.2 Å². The molecule has 0 spiro atoms. The van der Waals surface area contributed by atoms with Crippen LogP contribution in [-0.4, -0.2) is 62.2 Å². The summed E-state index contributed by atoms with van der Waals surface area (Å²) < 4.78 is 29.8. The molecule has 0 aliphatic rings. The van der Waals surface area contributed by atoms with Gasteiger partial charge in [-0.05, 0) is 69.0 Å². The Labute approximate surface area is 224 Å². The summed E-state index contributed by atoms with van der Waals surface area (Å²) in [4.78, 5) is 28.2. The van der Waals surface area contributed by atoms with Crippen LogP contribution in [0.3, 0.4) is 0 Å². The first-order valence-corrected chi connectivity index (χ1v) is 14.1. The van der Waals surface area contributed by atoms with Crippen molar-refractivity contribution in [3.8, 4) is 0 Å². The molecule has 0 radical (unpaired) electrons. The summed E-state index contributed by atoms with van der Waals surface area (Å²) in [6.07, 6.45) is 0.751. The van der Waals surface area contributed by atoms with Crippen molar-refractivity contribution in [1.82, 2.24) is 14.5 Å². The Morgan fingerprint density at radius 2 is 1.64 bits per heavy atom. The standard InChI is InChI=1S/C26H37BrN4O4S/c1-8-20(4)28-26(33)21(5)30(16-22-11-13-23(27)14-12-22)25(32)17-31(36(34,35)29(6)7)24-15-18(2)9-10-19(24)3/h9-15,20-21H,8,16-17H2,1-7H3,(H,28,33). The van der Waals surface area contributed by atoms with Crippen LogP contribution in [0, 0.1) is 13.8 Å². The zero-order valence-corrected chi connectivity index (χ0v) is 24.5. The summed E-state index contributed by atoms with van der Waals surface area (Å²) in [5, 5.41) is 2.93. The number of hydrogen-bond acceptors (Lipinski definition) is 4. The van der Waals surface area contributed by atoms with Crippen molar-refractivity contribution in [2.45, 2.75) is 59.7 Å². The Morgan fingerprint density at radius 1 is 1.03 bits per heavy atom. The first-order chi connectivity index (χ1) is 16.8. The number of halogens is 1. The van der Waals surface area contributed by atoms with Gasteiger partial charge in [0.1, 0.15) is 12.6 Å². The second kappa shape index (κ2) is 12.7. The minimum atomic E-state index is -3.99. The second-order valence-electron chi connectivity index (χ2n) is 9.23. The minimum Gasteiger partial charge on any atom is -0.352 e. The van der Waals surface area contributed by atoms with Gasteiger partial charge in [-0.2, -0.15) is 12.7 Å². The Bertz CT molecular complexity index is 1170. The van der Waals surface area contributed by atoms with Crippen molar-refractivity contribution in [1.29, 1.82) is 0 Å². The molecular formula is C26H37BrN4O4S. The van der Waals surface area contributed by atoms with Crippen molar-refractivity contribution in [2.75, 3.05) is 24.9 Å². The van der Waals surface area contributed by atoms with Gasteiger partial charge in [0.2, 0.25) is 11.8 Å². The van der Waals surface area contributed by atoms with Crippen LogP contribution in [0.15, 0.2) is 46.9 Å². The average molecular weight is 582 g/mol. The van der Waals surface area contributed by atoms with E-state index in [0.717, 1.165) is 36.2 Å². The fraction of sp³-hybridized carbons (Fsp3) is 0.462. The van der Waals surface area contributed by atoms with Crippen molar-refractivity contribution >= 4 is 43.6 Å². The molecule has 0 saturated heterocycles. The Morgan fingerprint density at radius 3 is 2.19 bits per heavy atom. The van der Waals surface area contributed by atoms with Crippen molar-refractivity contribution < 1.29 is 18.0 Å². The molecule has 0 saturated carbocycles. The number of nitrogens with one attached hydrogen (secondary N) is 1. The molecule has 2 aromatic carbocycles. The SMILES string of the molecule is CCC(C)NC(=O)C(C)N(Cc1ccc(Br)cc1)C(=O)CN(c1cc(C)ccc1C)S(=O)(=O)N(C)C. The third-order valence-electron chi connectivity index (χ3n) is 6.09. The van der Waals surface area contributed by atoms with Crippen molar-refractivity contribution in [3.63, 3.8) is 0 Å². The lowest BCUT2D eigenvalue weighted by Crippen LogP contribution is -2.53. The van der Waals surface area contributed by atoms with E-state index in [9.17, 15) is 18.0 Å². The molecule has 0 aromatic heterocycles. The Hall–Kier alpha value is -2.43. The van der Waals surface area contributed by atoms with E-state index >= 15 is 0 Å². The van der Waals surface area contributed by atoms with Gasteiger partial charge < -0.3 is 10.2 Å². The lowest BCUT2D eigenvalue weighted by Gasteiger charge is -2.33. The van der Waals surface area contributed by atoms with Crippen LogP contribution in [0.5, 0.6) is 0 Å². The Balaban J connectivity index is 2.49. The lowest BCUT2D eigenvalue weighted by molar-refractivity contribution is -0.139. The van der Waals surface area contributed by atoms with Crippen LogP contribution in [0.1, 0.15) is 43.9 Å². The summed E-state index contributed by atoms with van der Waals surface area (Å²) in [6, 6.07) is 12.1. The zero-order chi connectivity index (χ0) is 27.2. The number of rotatable bonds is 11. The third-order valence-corrected chi connectivity index (χ3v) is 8.42. The van der Waals surface area contributed by atoms with Gasteiger partial charge in [-0.1, -0.05) is 47.1 Å². The van der Waals surface area contributed by atoms with Crippen LogP contribution in [0.2, 0.25) is 0 Å². The summed E-state index contributed by atoms with van der Waals surface area (Å²) in [7, 11) is -1.13. The molecule has 2 atom stereocenters. The van der Waals surface area contributed by atoms with Crippen LogP contribution >= 0.6 is 15.9 Å². The smallest absolute Gasteiger partial charge is 0.304 e. The molecule has 198 valence electrons. The maximum Gasteiger partial charge on any atom is 0.304 e. The molecule has 0 aliphatic carbocycles. The number of hydrogen-bond donors (Lipinski definition) is 1. The lowest BCUT2D eigenvalue weighted by atomic mass is 10.1. The highest BCUT2D eigenvalue weighted by atomic mass is 79.9. The van der Waals surface area contributed by atoms with E-state index < -0.39 is 28.7 Å². The maximum atomic E-state index is 13.8. The number of nitrogens with zero attached hydrogens (tertiary/aromatic N) is 3. The van der Waals surface area contributed by atoms with E-state index in [2.05, 4.69) is 21.2 Å². The normalized spacial score (nSPS) is 13.2. The van der Waals surface area contributed by atoms with Gasteiger partial charge in [0.05, 0.1) is 5.69 Å². The zero-order valence-electron chi connectivity index (χ0n) is 22.1. The molecule has 1 N–H and O–H groups in total. The molecule has 10 heteroatoms. The monoisotopic (exact) mass is 580 g/mol. The van der Waals surface area contributed by atoms with Crippen LogP contribution in [0.25, 0.3) is 0 Å². The van der Waals surface area contributed by atoms with Crippen LogP contribution in [0.4, 0.5) is 5.69 Å². The summed E-state index contributed by atoms with van der Waals surface area (Å²) in [5.74, 6) is -0.764. The van der Waals surface area contributed by atoms with Crippen molar-refractivity contribution in [3.05, 3.63) is 63.6 Å². The molecule has 2 unspecified atom stereocenters. The number of amides is 2. The van der Waals surface area contributed by atoms with E-state index in [1.54, 1.807) is 19.9 Å². The predicted molar refractivity (Wildman–Crippen MR) is 148 cm³/mol. The van der Waals surface area contributed by atoms with Gasteiger partial charge in [-0.3, -0.25) is 9.59 Å². The van der Waals surface area contributed by atoms with Gasteiger partial charge in [0.25, 0.3) is 0 Å². The maximum absolute atomic E-state index is 13.8. The van der Waals surface area contributed by atoms with E-state index in [0.29, 0.717) is 5.69 Å². The number of aryl methyl sites for hydroxylation is 2. The number of carbonyl (C=O) groups excluding carboxylic acids is 2. The van der Waals surface area contributed by atoms with Crippen LogP contribution in [-0.2, 0) is 26.3 Å². The quantitative estimate of drug-likeness (QED) is 0.435. The van der Waals surface area contributed by atoms with E-state index in [-0.39, 0.29) is 18.5 Å². The topological polar surface area (TPSA) is 90.0 Å². The highest BCUT2D eigenvalue weighted by Crippen LogP contribution is 2.26. The predicted octanol–water partition coefficient (Wildman–Crippen LogP) is 4.01. The van der Waals surface area contributed by atoms with Gasteiger partial charge in [0.15, 0.2) is 0 Å². The largest absolute Gasteiger partial charge is 0.352 e. The van der Waals surface area contributed by atoms with E-state index in [1.165, 1.54) is 19.0 Å². The number of carbonyl (C=O) groups is 2. The highest BCUT2D eigenvalue weighted by Gasteiger charge is 2.33. The second-order valence-corrected chi connectivity index (χ2v) is 12.2. The molecule has 2 amide bonds. The molecule has 0 bridgehead atoms. The molecular weight excluding hydrogens is 544 g/mol. The fourth-order valence-electron chi connectivity index (χ4n) is 3.52. The third kappa shape index (κ3) is 7.54. The fourth-order valence-corrected chi connectivity index (χ4v) is 4.90. The summed E-state index contributed by atoms with van der Waals surface area (Å²) in [6.45, 7) is 8.92. The molecule has 2 aromatic rings. The van der Waals surface area contributed by atoms with Gasteiger partial charge in [-0.25, -0.2) is 4.31 Å². The molecule has 0 aliphatic heterocycles. The summed E-state index contributed by atoms with van der Waals surface area (Å²) >= 11 is 3.41. The minimum absolute atomic E-state index is 0.0508. The molecule has 2 rings (SSSR count). The molecule has 8 nitrogen and oxygen atoms in total. The highest BCUT2D eigenvalue weighted by molar-refractivity contribution is 9.10. The number of anilines is 1. The summed E-state index contributed by atoms with van der Waals surface area (Å²) in [5.41, 5.74) is 2.84. The van der Waals surface area contributed by atoms with E-state index in [4.69, 9.17) is 0 Å². The first-order valence-electron chi connectivity index (χ1n) is 11.9.